The van der Waals surface area contributed by atoms with Gasteiger partial charge in [-0.05, 0) is 52.1 Å². The molecule has 1 aromatic carbocycles. The molecular formula is C10H9IN4O2. The fourth-order valence-corrected chi connectivity index (χ4v) is 1.71. The summed E-state index contributed by atoms with van der Waals surface area (Å²) in [5.74, 6) is -0.514. The fourth-order valence-electron chi connectivity index (χ4n) is 1.35. The second kappa shape index (κ2) is 4.78. The van der Waals surface area contributed by atoms with Gasteiger partial charge in [0.05, 0.1) is 0 Å². The third-order valence-corrected chi connectivity index (χ3v) is 3.04. The Labute approximate surface area is 111 Å². The van der Waals surface area contributed by atoms with Gasteiger partial charge in [-0.1, -0.05) is 12.1 Å². The predicted molar refractivity (Wildman–Crippen MR) is 68.3 cm³/mol. The molecule has 88 valence electrons. The maximum Gasteiger partial charge on any atom is 0.328 e. The highest BCUT2D eigenvalue weighted by Gasteiger charge is 2.19. The van der Waals surface area contributed by atoms with Crippen LogP contribution in [-0.2, 0) is 4.79 Å². The molecule has 1 aromatic heterocycles. The van der Waals surface area contributed by atoms with Gasteiger partial charge in [0.25, 0.3) is 0 Å². The lowest BCUT2D eigenvalue weighted by Gasteiger charge is -2.08. The maximum atomic E-state index is 10.9. The second-order valence-electron chi connectivity index (χ2n) is 3.47. The number of tetrazole rings is 1. The van der Waals surface area contributed by atoms with Crippen LogP contribution >= 0.6 is 22.6 Å². The molecule has 0 aliphatic carbocycles. The van der Waals surface area contributed by atoms with Crippen molar-refractivity contribution in [3.63, 3.8) is 0 Å². The Balaban J connectivity index is 2.43. The molecule has 0 spiro atoms. The molecular weight excluding hydrogens is 335 g/mol. The summed E-state index contributed by atoms with van der Waals surface area (Å²) in [7, 11) is 0. The number of carboxylic acids is 1. The van der Waals surface area contributed by atoms with Gasteiger partial charge >= 0.3 is 5.97 Å². The molecule has 1 heterocycles. The van der Waals surface area contributed by atoms with Crippen LogP contribution in [0.4, 0.5) is 0 Å². The van der Waals surface area contributed by atoms with Crippen molar-refractivity contribution in [2.24, 2.45) is 0 Å². The van der Waals surface area contributed by atoms with Gasteiger partial charge in [0.2, 0.25) is 0 Å². The lowest BCUT2D eigenvalue weighted by molar-refractivity contribution is -0.140. The minimum Gasteiger partial charge on any atom is -0.480 e. The Hall–Kier alpha value is -1.51. The maximum absolute atomic E-state index is 10.9. The minimum absolute atomic E-state index is 0.455. The van der Waals surface area contributed by atoms with E-state index >= 15 is 0 Å². The third kappa shape index (κ3) is 2.43. The molecule has 0 aliphatic heterocycles. The van der Waals surface area contributed by atoms with Gasteiger partial charge in [0.1, 0.15) is 0 Å². The Kier molecular flexibility index (Phi) is 3.36. The van der Waals surface area contributed by atoms with Crippen molar-refractivity contribution < 1.29 is 9.90 Å². The molecule has 1 N–H and O–H groups in total. The molecule has 17 heavy (non-hydrogen) atoms. The summed E-state index contributed by atoms with van der Waals surface area (Å²) in [5.41, 5.74) is 0.795. The smallest absolute Gasteiger partial charge is 0.328 e. The Morgan fingerprint density at radius 3 is 2.65 bits per heavy atom. The van der Waals surface area contributed by atoms with Gasteiger partial charge in [0.15, 0.2) is 11.9 Å². The van der Waals surface area contributed by atoms with Crippen LogP contribution < -0.4 is 0 Å². The van der Waals surface area contributed by atoms with Crippen LogP contribution in [0.15, 0.2) is 24.3 Å². The SMILES string of the molecule is CC(C(=O)O)n1nnnc1-c1ccc(I)cc1. The lowest BCUT2D eigenvalue weighted by atomic mass is 10.2. The van der Waals surface area contributed by atoms with Gasteiger partial charge in [-0.2, -0.15) is 0 Å². The van der Waals surface area contributed by atoms with E-state index in [4.69, 9.17) is 5.11 Å². The molecule has 1 unspecified atom stereocenters. The van der Waals surface area contributed by atoms with E-state index in [-0.39, 0.29) is 0 Å². The summed E-state index contributed by atoms with van der Waals surface area (Å²) in [6.45, 7) is 1.54. The number of hydrogen-bond donors (Lipinski definition) is 1. The molecule has 0 saturated carbocycles. The predicted octanol–water partition coefficient (Wildman–Crippen LogP) is 1.59. The van der Waals surface area contributed by atoms with Crippen molar-refractivity contribution in [1.29, 1.82) is 0 Å². The zero-order chi connectivity index (χ0) is 12.4. The molecule has 6 nitrogen and oxygen atoms in total. The molecule has 7 heteroatoms. The van der Waals surface area contributed by atoms with Crippen LogP contribution in [0.3, 0.4) is 0 Å². The minimum atomic E-state index is -0.968. The number of benzene rings is 1. The van der Waals surface area contributed by atoms with E-state index in [0.717, 1.165) is 9.13 Å². The zero-order valence-corrected chi connectivity index (χ0v) is 11.1. The first-order valence-corrected chi connectivity index (χ1v) is 5.94. The Bertz CT molecular complexity index is 537. The highest BCUT2D eigenvalue weighted by atomic mass is 127. The van der Waals surface area contributed by atoms with Crippen LogP contribution in [0, 0.1) is 3.57 Å². The first-order valence-electron chi connectivity index (χ1n) is 4.86. The number of carbonyl (C=O) groups is 1. The molecule has 0 amide bonds. The average Bonchev–Trinajstić information content (AvgIpc) is 2.77. The summed E-state index contributed by atoms with van der Waals surface area (Å²) in [5, 5.41) is 20.0. The summed E-state index contributed by atoms with van der Waals surface area (Å²) >= 11 is 2.19. The third-order valence-electron chi connectivity index (χ3n) is 2.32. The quantitative estimate of drug-likeness (QED) is 0.856. The first-order chi connectivity index (χ1) is 8.09. The summed E-state index contributed by atoms with van der Waals surface area (Å²) in [4.78, 5) is 10.9. The molecule has 2 rings (SSSR count). The summed E-state index contributed by atoms with van der Waals surface area (Å²) in [6, 6.07) is 6.76. The molecule has 0 saturated heterocycles. The second-order valence-corrected chi connectivity index (χ2v) is 4.71. The number of nitrogens with zero attached hydrogens (tertiary/aromatic N) is 4. The largest absolute Gasteiger partial charge is 0.480 e. The van der Waals surface area contributed by atoms with Crippen molar-refractivity contribution in [1.82, 2.24) is 20.2 Å². The molecule has 2 aromatic rings. The molecule has 0 fully saturated rings. The number of aromatic nitrogens is 4. The van der Waals surface area contributed by atoms with Gasteiger partial charge in [-0.3, -0.25) is 0 Å². The van der Waals surface area contributed by atoms with Crippen LogP contribution in [0.25, 0.3) is 11.4 Å². The average molecular weight is 344 g/mol. The van der Waals surface area contributed by atoms with Crippen molar-refractivity contribution in [3.8, 4) is 11.4 Å². The monoisotopic (exact) mass is 344 g/mol. The van der Waals surface area contributed by atoms with Gasteiger partial charge in [-0.15, -0.1) is 5.10 Å². The van der Waals surface area contributed by atoms with Crippen molar-refractivity contribution in [2.45, 2.75) is 13.0 Å². The van der Waals surface area contributed by atoms with Crippen LogP contribution in [-0.4, -0.2) is 31.3 Å². The number of halogens is 1. The van der Waals surface area contributed by atoms with Gasteiger partial charge in [-0.25, -0.2) is 9.48 Å². The van der Waals surface area contributed by atoms with E-state index in [1.54, 1.807) is 0 Å². The number of hydrogen-bond acceptors (Lipinski definition) is 4. The molecule has 0 radical (unpaired) electrons. The lowest BCUT2D eigenvalue weighted by Crippen LogP contribution is -2.18. The van der Waals surface area contributed by atoms with Crippen molar-refractivity contribution in [3.05, 3.63) is 27.8 Å². The molecule has 0 aliphatic rings. The molecule has 1 atom stereocenters. The van der Waals surface area contributed by atoms with Crippen LogP contribution in [0.5, 0.6) is 0 Å². The van der Waals surface area contributed by atoms with Gasteiger partial charge < -0.3 is 5.11 Å². The van der Waals surface area contributed by atoms with Crippen molar-refractivity contribution >= 4 is 28.6 Å². The number of aliphatic carboxylic acids is 1. The highest BCUT2D eigenvalue weighted by Crippen LogP contribution is 2.20. The fraction of sp³-hybridized carbons (Fsp3) is 0.200. The Morgan fingerprint density at radius 2 is 2.06 bits per heavy atom. The van der Waals surface area contributed by atoms with E-state index in [1.807, 2.05) is 24.3 Å². The molecule has 0 bridgehead atoms. The van der Waals surface area contributed by atoms with Crippen molar-refractivity contribution in [2.75, 3.05) is 0 Å². The van der Waals surface area contributed by atoms with Gasteiger partial charge in [0, 0.05) is 9.13 Å². The van der Waals surface area contributed by atoms with E-state index in [9.17, 15) is 4.79 Å². The first kappa shape index (κ1) is 12.0. The standard InChI is InChI=1S/C10H9IN4O2/c1-6(10(16)17)15-9(12-13-14-15)7-2-4-8(11)5-3-7/h2-6H,1H3,(H,16,17). The van der Waals surface area contributed by atoms with Crippen LogP contribution in [0.1, 0.15) is 13.0 Å². The van der Waals surface area contributed by atoms with E-state index in [1.165, 1.54) is 11.6 Å². The highest BCUT2D eigenvalue weighted by molar-refractivity contribution is 14.1. The zero-order valence-electron chi connectivity index (χ0n) is 8.91. The van der Waals surface area contributed by atoms with Crippen LogP contribution in [0.2, 0.25) is 0 Å². The summed E-state index contributed by atoms with van der Waals surface area (Å²) in [6.07, 6.45) is 0. The number of rotatable bonds is 3. The van der Waals surface area contributed by atoms with E-state index in [0.29, 0.717) is 5.82 Å². The number of carboxylic acid groups (broad SMARTS) is 1. The van der Waals surface area contributed by atoms with E-state index in [2.05, 4.69) is 38.1 Å². The topological polar surface area (TPSA) is 80.9 Å². The Morgan fingerprint density at radius 1 is 1.41 bits per heavy atom. The van der Waals surface area contributed by atoms with E-state index < -0.39 is 12.0 Å². The normalized spacial score (nSPS) is 12.4. The summed E-state index contributed by atoms with van der Waals surface area (Å²) < 4.78 is 2.39.